The molecule has 2 aromatic rings. The lowest BCUT2D eigenvalue weighted by molar-refractivity contribution is 0.774. The molecule has 2 rings (SSSR count). The molecule has 1 heterocycles. The van der Waals surface area contributed by atoms with Crippen LogP contribution in [-0.4, -0.2) is 16.3 Å². The minimum Gasteiger partial charge on any atom is -0.330 e. The minimum atomic E-state index is 0.724. The number of aromatic nitrogens is 2. The van der Waals surface area contributed by atoms with E-state index in [0.717, 1.165) is 19.4 Å². The highest BCUT2D eigenvalue weighted by Crippen LogP contribution is 2.24. The molecule has 0 aliphatic rings. The highest BCUT2D eigenvalue weighted by molar-refractivity contribution is 5.63. The molecule has 0 unspecified atom stereocenters. The Morgan fingerprint density at radius 1 is 1.24 bits per heavy atom. The Balaban J connectivity index is 2.36. The Hall–Kier alpha value is -1.61. The van der Waals surface area contributed by atoms with Crippen molar-refractivity contribution in [2.75, 3.05) is 6.54 Å². The van der Waals surface area contributed by atoms with Crippen LogP contribution >= 0.6 is 0 Å². The lowest BCUT2D eigenvalue weighted by Gasteiger charge is -2.06. The maximum Gasteiger partial charge on any atom is 0.0710 e. The number of benzene rings is 1. The minimum absolute atomic E-state index is 0.724. The fourth-order valence-corrected chi connectivity index (χ4v) is 2.04. The van der Waals surface area contributed by atoms with Crippen LogP contribution in [0.2, 0.25) is 0 Å². The molecule has 0 spiro atoms. The predicted molar refractivity (Wildman–Crippen MR) is 70.8 cm³/mol. The fraction of sp³-hybridized carbons (Fsp3) is 0.357. The molecule has 0 fully saturated rings. The van der Waals surface area contributed by atoms with Crippen molar-refractivity contribution < 1.29 is 0 Å². The molecule has 3 nitrogen and oxygen atoms in total. The van der Waals surface area contributed by atoms with Crippen molar-refractivity contribution in [2.24, 2.45) is 12.8 Å². The SMILES string of the molecule is Cc1ccc(-c2c(CCCN)cnn2C)cc1. The van der Waals surface area contributed by atoms with Crippen LogP contribution in [-0.2, 0) is 13.5 Å². The van der Waals surface area contributed by atoms with Gasteiger partial charge in [-0.1, -0.05) is 29.8 Å². The zero-order chi connectivity index (χ0) is 12.3. The fourth-order valence-electron chi connectivity index (χ4n) is 2.04. The van der Waals surface area contributed by atoms with Gasteiger partial charge in [0.15, 0.2) is 0 Å². The molecule has 0 aliphatic heterocycles. The average molecular weight is 229 g/mol. The first kappa shape index (κ1) is 11.9. The molecule has 17 heavy (non-hydrogen) atoms. The number of hydrogen-bond acceptors (Lipinski definition) is 2. The van der Waals surface area contributed by atoms with Crippen molar-refractivity contribution in [2.45, 2.75) is 19.8 Å². The monoisotopic (exact) mass is 229 g/mol. The van der Waals surface area contributed by atoms with E-state index in [1.807, 2.05) is 17.9 Å². The van der Waals surface area contributed by atoms with Gasteiger partial charge < -0.3 is 5.73 Å². The molecular formula is C14H19N3. The first-order valence-electron chi connectivity index (χ1n) is 6.00. The van der Waals surface area contributed by atoms with Gasteiger partial charge in [-0.15, -0.1) is 0 Å². The molecule has 1 aromatic carbocycles. The van der Waals surface area contributed by atoms with Gasteiger partial charge in [0.25, 0.3) is 0 Å². The van der Waals surface area contributed by atoms with E-state index in [4.69, 9.17) is 5.73 Å². The van der Waals surface area contributed by atoms with E-state index in [-0.39, 0.29) is 0 Å². The Morgan fingerprint density at radius 3 is 2.59 bits per heavy atom. The second-order valence-corrected chi connectivity index (χ2v) is 4.40. The lowest BCUT2D eigenvalue weighted by Crippen LogP contribution is -2.01. The highest BCUT2D eigenvalue weighted by atomic mass is 15.3. The van der Waals surface area contributed by atoms with Crippen LogP contribution in [0.4, 0.5) is 0 Å². The summed E-state index contributed by atoms with van der Waals surface area (Å²) < 4.78 is 1.94. The van der Waals surface area contributed by atoms with Gasteiger partial charge in [0.05, 0.1) is 11.9 Å². The molecule has 0 saturated carbocycles. The van der Waals surface area contributed by atoms with Crippen molar-refractivity contribution >= 4 is 0 Å². The Morgan fingerprint density at radius 2 is 1.94 bits per heavy atom. The van der Waals surface area contributed by atoms with E-state index >= 15 is 0 Å². The third kappa shape index (κ3) is 2.56. The molecule has 0 aliphatic carbocycles. The van der Waals surface area contributed by atoms with E-state index in [0.29, 0.717) is 0 Å². The van der Waals surface area contributed by atoms with Gasteiger partial charge in [-0.3, -0.25) is 4.68 Å². The standard InChI is InChI=1S/C14H19N3/c1-11-5-7-12(8-6-11)14-13(4-3-9-15)10-16-17(14)2/h5-8,10H,3-4,9,15H2,1-2H3. The first-order chi connectivity index (χ1) is 8.22. The molecule has 0 bridgehead atoms. The maximum absolute atomic E-state index is 5.56. The molecule has 0 radical (unpaired) electrons. The van der Waals surface area contributed by atoms with E-state index in [1.165, 1.54) is 22.4 Å². The van der Waals surface area contributed by atoms with Gasteiger partial charge in [0, 0.05) is 12.6 Å². The van der Waals surface area contributed by atoms with Crippen LogP contribution in [0.1, 0.15) is 17.5 Å². The van der Waals surface area contributed by atoms with Gasteiger partial charge in [-0.2, -0.15) is 5.10 Å². The summed E-state index contributed by atoms with van der Waals surface area (Å²) in [7, 11) is 1.99. The summed E-state index contributed by atoms with van der Waals surface area (Å²) in [6, 6.07) is 8.57. The van der Waals surface area contributed by atoms with Crippen molar-refractivity contribution in [1.82, 2.24) is 9.78 Å². The van der Waals surface area contributed by atoms with E-state index in [2.05, 4.69) is 36.3 Å². The van der Waals surface area contributed by atoms with E-state index in [1.54, 1.807) is 0 Å². The summed E-state index contributed by atoms with van der Waals surface area (Å²) in [6.45, 7) is 2.82. The van der Waals surface area contributed by atoms with Crippen LogP contribution in [0.15, 0.2) is 30.5 Å². The molecule has 0 amide bonds. The largest absolute Gasteiger partial charge is 0.330 e. The van der Waals surface area contributed by atoms with Crippen molar-refractivity contribution in [1.29, 1.82) is 0 Å². The van der Waals surface area contributed by atoms with Crippen LogP contribution in [0, 0.1) is 6.92 Å². The van der Waals surface area contributed by atoms with E-state index in [9.17, 15) is 0 Å². The molecule has 3 heteroatoms. The van der Waals surface area contributed by atoms with E-state index < -0.39 is 0 Å². The quantitative estimate of drug-likeness (QED) is 0.874. The van der Waals surface area contributed by atoms with Crippen LogP contribution in [0.3, 0.4) is 0 Å². The summed E-state index contributed by atoms with van der Waals surface area (Å²) in [5, 5.41) is 4.34. The third-order valence-corrected chi connectivity index (χ3v) is 2.99. The Labute approximate surface area is 102 Å². The van der Waals surface area contributed by atoms with Crippen molar-refractivity contribution in [3.05, 3.63) is 41.6 Å². The molecular weight excluding hydrogens is 210 g/mol. The highest BCUT2D eigenvalue weighted by Gasteiger charge is 2.09. The molecule has 2 N–H and O–H groups in total. The van der Waals surface area contributed by atoms with Crippen molar-refractivity contribution in [3.63, 3.8) is 0 Å². The summed E-state index contributed by atoms with van der Waals surface area (Å²) in [5.74, 6) is 0. The van der Waals surface area contributed by atoms with Crippen LogP contribution < -0.4 is 5.73 Å². The normalized spacial score (nSPS) is 10.8. The Kier molecular flexibility index (Phi) is 3.59. The summed E-state index contributed by atoms with van der Waals surface area (Å²) in [6.07, 6.45) is 3.95. The number of nitrogens with zero attached hydrogens (tertiary/aromatic N) is 2. The van der Waals surface area contributed by atoms with Gasteiger partial charge in [0.2, 0.25) is 0 Å². The average Bonchev–Trinajstić information content (AvgIpc) is 2.69. The second kappa shape index (κ2) is 5.15. The van der Waals surface area contributed by atoms with Gasteiger partial charge in [-0.05, 0) is 31.9 Å². The summed E-state index contributed by atoms with van der Waals surface area (Å²) in [5.41, 5.74) is 10.6. The molecule has 0 atom stereocenters. The Bertz CT molecular complexity index is 483. The topological polar surface area (TPSA) is 43.8 Å². The molecule has 90 valence electrons. The zero-order valence-corrected chi connectivity index (χ0v) is 10.5. The first-order valence-corrected chi connectivity index (χ1v) is 6.00. The smallest absolute Gasteiger partial charge is 0.0710 e. The second-order valence-electron chi connectivity index (χ2n) is 4.40. The van der Waals surface area contributed by atoms with Crippen molar-refractivity contribution in [3.8, 4) is 11.3 Å². The molecule has 0 saturated heterocycles. The third-order valence-electron chi connectivity index (χ3n) is 2.99. The van der Waals surface area contributed by atoms with Crippen LogP contribution in [0.5, 0.6) is 0 Å². The number of nitrogens with two attached hydrogens (primary N) is 1. The number of aryl methyl sites for hydroxylation is 3. The van der Waals surface area contributed by atoms with Gasteiger partial charge in [0.1, 0.15) is 0 Å². The van der Waals surface area contributed by atoms with Gasteiger partial charge in [-0.25, -0.2) is 0 Å². The predicted octanol–water partition coefficient (Wildman–Crippen LogP) is 2.29. The lowest BCUT2D eigenvalue weighted by atomic mass is 10.0. The van der Waals surface area contributed by atoms with Gasteiger partial charge >= 0.3 is 0 Å². The van der Waals surface area contributed by atoms with Crippen LogP contribution in [0.25, 0.3) is 11.3 Å². The zero-order valence-electron chi connectivity index (χ0n) is 10.5. The number of hydrogen-bond donors (Lipinski definition) is 1. The number of rotatable bonds is 4. The molecule has 1 aromatic heterocycles. The maximum atomic E-state index is 5.56. The summed E-state index contributed by atoms with van der Waals surface area (Å²) >= 11 is 0. The summed E-state index contributed by atoms with van der Waals surface area (Å²) in [4.78, 5) is 0.